The normalized spacial score (nSPS) is 11.5. The Kier molecular flexibility index (Phi) is 20.2. The van der Waals surface area contributed by atoms with Crippen LogP contribution in [-0.2, 0) is 39.5 Å². The van der Waals surface area contributed by atoms with E-state index in [0.717, 1.165) is 94.7 Å². The molecule has 4 N–H and O–H groups in total. The predicted octanol–water partition coefficient (Wildman–Crippen LogP) is 12.2. The molecule has 4 aromatic carbocycles. The maximum absolute atomic E-state index is 14.4. The van der Waals surface area contributed by atoms with Crippen LogP contribution < -0.4 is 30.7 Å². The van der Waals surface area contributed by atoms with Crippen LogP contribution in [0, 0.1) is 11.6 Å². The number of halogens is 2. The fraction of sp³-hybridized carbons (Fsp3) is 0.385. The first-order chi connectivity index (χ1) is 32.1. The van der Waals surface area contributed by atoms with Crippen LogP contribution in [0.25, 0.3) is 22.3 Å². The Bertz CT molecular complexity index is 2210. The van der Waals surface area contributed by atoms with Gasteiger partial charge in [-0.05, 0) is 162 Å². The van der Waals surface area contributed by atoms with Crippen molar-refractivity contribution in [1.29, 1.82) is 0 Å². The van der Waals surface area contributed by atoms with Crippen LogP contribution >= 0.6 is 8.25 Å². The summed E-state index contributed by atoms with van der Waals surface area (Å²) in [6, 6.07) is 26.9. The van der Waals surface area contributed by atoms with E-state index in [1.54, 1.807) is 49.3 Å². The van der Waals surface area contributed by atoms with Gasteiger partial charge >= 0.3 is 8.25 Å². The second kappa shape index (κ2) is 26.6. The molecule has 0 saturated carbocycles. The number of anilines is 2. The molecule has 11 nitrogen and oxygen atoms in total. The van der Waals surface area contributed by atoms with Gasteiger partial charge in [-0.1, -0.05) is 24.3 Å². The van der Waals surface area contributed by atoms with Crippen LogP contribution in [-0.4, -0.2) is 51.6 Å². The van der Waals surface area contributed by atoms with Gasteiger partial charge in [0.15, 0.2) is 23.1 Å². The minimum atomic E-state index is -2.58. The summed E-state index contributed by atoms with van der Waals surface area (Å²) in [5.41, 5.74) is 10.2. The zero-order chi connectivity index (χ0) is 46.5. The molecule has 0 aliphatic carbocycles. The van der Waals surface area contributed by atoms with Gasteiger partial charge in [0.2, 0.25) is 0 Å². The van der Waals surface area contributed by atoms with Crippen LogP contribution in [0.15, 0.2) is 119 Å². The summed E-state index contributed by atoms with van der Waals surface area (Å²) in [4.78, 5) is 0. The van der Waals surface area contributed by atoms with E-state index in [0.29, 0.717) is 52.2 Å². The van der Waals surface area contributed by atoms with Crippen LogP contribution in [0.4, 0.5) is 20.2 Å². The van der Waals surface area contributed by atoms with Crippen LogP contribution in [0.2, 0.25) is 0 Å². The number of hydrogen-bond donors (Lipinski definition) is 4. The molecule has 6 aromatic rings. The lowest BCUT2D eigenvalue weighted by Crippen LogP contribution is -2.16. The Morgan fingerprint density at radius 2 is 0.985 bits per heavy atom. The summed E-state index contributed by atoms with van der Waals surface area (Å²) < 4.78 is 74.1. The minimum absolute atomic E-state index is 0.0791. The molecule has 66 heavy (non-hydrogen) atoms. The molecule has 0 bridgehead atoms. The summed E-state index contributed by atoms with van der Waals surface area (Å²) in [6.45, 7) is 12.3. The Morgan fingerprint density at radius 1 is 0.545 bits per heavy atom. The number of benzene rings is 4. The average molecular weight is 927 g/mol. The molecule has 14 heteroatoms. The first-order valence-corrected chi connectivity index (χ1v) is 24.2. The lowest BCUT2D eigenvalue weighted by Gasteiger charge is -2.14. The van der Waals surface area contributed by atoms with E-state index in [9.17, 15) is 13.3 Å². The van der Waals surface area contributed by atoms with Crippen LogP contribution in [0.1, 0.15) is 75.6 Å². The lowest BCUT2D eigenvalue weighted by molar-refractivity contribution is 0.220. The molecular formula is C52H65F2N4O7P. The van der Waals surface area contributed by atoms with E-state index in [1.165, 1.54) is 0 Å². The maximum Gasteiger partial charge on any atom is 0.319 e. The molecule has 0 radical (unpaired) electrons. The van der Waals surface area contributed by atoms with Gasteiger partial charge in [-0.25, -0.2) is 8.78 Å². The van der Waals surface area contributed by atoms with Crippen LogP contribution in [0.5, 0.6) is 11.5 Å². The third-order valence-corrected chi connectivity index (χ3v) is 11.4. The molecule has 2 heterocycles. The van der Waals surface area contributed by atoms with Gasteiger partial charge in [-0.3, -0.25) is 4.57 Å². The Morgan fingerprint density at radius 3 is 1.38 bits per heavy atom. The zero-order valence-electron chi connectivity index (χ0n) is 38.6. The molecule has 0 saturated heterocycles. The zero-order valence-corrected chi connectivity index (χ0v) is 39.6. The van der Waals surface area contributed by atoms with Gasteiger partial charge in [0.1, 0.15) is 0 Å². The van der Waals surface area contributed by atoms with Crippen molar-refractivity contribution in [2.24, 2.45) is 0 Å². The number of hydrogen-bond acceptors (Lipinski definition) is 11. The molecule has 6 rings (SSSR count). The highest BCUT2D eigenvalue weighted by atomic mass is 31.1. The van der Waals surface area contributed by atoms with Gasteiger partial charge < -0.3 is 48.6 Å². The second-order valence-electron chi connectivity index (χ2n) is 16.7. The van der Waals surface area contributed by atoms with E-state index in [4.69, 9.17) is 27.4 Å². The SMILES string of the molecule is CC(C)Oc1ccc(CCCNc2ccc(CNCCCO[PH](=O)OCCCNCc3ccc(NCCCc4ccc(OC(C)C)c(F)c4)c(-c4ccoc4)c3)cc2-c2ccoc2)cc1F. The van der Waals surface area contributed by atoms with Crippen molar-refractivity contribution in [1.82, 2.24) is 10.6 Å². The third kappa shape index (κ3) is 16.5. The standard InChI is InChI=1S/C52H65F2N4O7P/c1-37(2)64-51-17-13-39(31-47(51)53)9-5-23-57-49-15-11-41(29-45(49)43-19-27-60-35-43)33-55-21-7-25-62-66(59)63-26-8-22-56-34-42-12-16-50(46(30-42)44-20-28-61-36-44)58-24-6-10-40-14-18-52(48(54)32-40)65-38(3)4/h11-20,27-32,35-38,55-58,66H,5-10,21-26,33-34H2,1-4H3. The number of nitrogens with one attached hydrogen (secondary N) is 4. The van der Waals surface area contributed by atoms with E-state index >= 15 is 0 Å². The first kappa shape index (κ1) is 50.0. The van der Waals surface area contributed by atoms with Crippen molar-refractivity contribution in [3.05, 3.63) is 144 Å². The summed E-state index contributed by atoms with van der Waals surface area (Å²) in [5.74, 6) is -0.0974. The summed E-state index contributed by atoms with van der Waals surface area (Å²) in [6.07, 6.45) is 11.2. The maximum atomic E-state index is 14.4. The molecule has 0 spiro atoms. The van der Waals surface area contributed by atoms with Crippen molar-refractivity contribution in [2.45, 2.75) is 91.5 Å². The monoisotopic (exact) mass is 926 g/mol. The average Bonchev–Trinajstić information content (AvgIpc) is 4.05. The molecule has 354 valence electrons. The summed E-state index contributed by atoms with van der Waals surface area (Å²) in [5, 5.41) is 14.0. The molecule has 0 fully saturated rings. The van der Waals surface area contributed by atoms with E-state index < -0.39 is 8.25 Å². The van der Waals surface area contributed by atoms with Gasteiger partial charge in [-0.15, -0.1) is 0 Å². The van der Waals surface area contributed by atoms with Crippen molar-refractivity contribution in [3.8, 4) is 33.8 Å². The van der Waals surface area contributed by atoms with Crippen molar-refractivity contribution in [2.75, 3.05) is 50.0 Å². The van der Waals surface area contributed by atoms with Gasteiger partial charge in [0.25, 0.3) is 0 Å². The highest BCUT2D eigenvalue weighted by Crippen LogP contribution is 2.32. The minimum Gasteiger partial charge on any atom is -0.488 e. The van der Waals surface area contributed by atoms with Gasteiger partial charge in [0.05, 0.1) is 50.5 Å². The smallest absolute Gasteiger partial charge is 0.319 e. The Balaban J connectivity index is 0.831. The molecule has 2 aromatic heterocycles. The van der Waals surface area contributed by atoms with E-state index in [-0.39, 0.29) is 35.3 Å². The lowest BCUT2D eigenvalue weighted by atomic mass is 10.0. The molecular weight excluding hydrogens is 862 g/mol. The van der Waals surface area contributed by atoms with E-state index in [1.807, 2.05) is 52.0 Å². The van der Waals surface area contributed by atoms with Crippen molar-refractivity contribution < 1.29 is 40.7 Å². The third-order valence-electron chi connectivity index (χ3n) is 10.6. The highest BCUT2D eigenvalue weighted by Gasteiger charge is 2.12. The number of aryl methyl sites for hydroxylation is 2. The fourth-order valence-electron chi connectivity index (χ4n) is 7.37. The molecule has 0 unspecified atom stereocenters. The second-order valence-corrected chi connectivity index (χ2v) is 17.8. The molecule has 0 amide bonds. The Hall–Kier alpha value is -5.43. The number of furan rings is 2. The largest absolute Gasteiger partial charge is 0.488 e. The van der Waals surface area contributed by atoms with Crippen molar-refractivity contribution >= 4 is 19.6 Å². The predicted molar refractivity (Wildman–Crippen MR) is 260 cm³/mol. The summed E-state index contributed by atoms with van der Waals surface area (Å²) in [7, 11) is -2.58. The molecule has 0 aliphatic rings. The van der Waals surface area contributed by atoms with Gasteiger partial charge in [-0.2, -0.15) is 0 Å². The fourth-order valence-corrected chi connectivity index (χ4v) is 8.07. The molecule has 0 aliphatic heterocycles. The molecule has 0 atom stereocenters. The highest BCUT2D eigenvalue weighted by molar-refractivity contribution is 7.33. The number of ether oxygens (including phenoxy) is 2. The summed E-state index contributed by atoms with van der Waals surface area (Å²) >= 11 is 0. The van der Waals surface area contributed by atoms with E-state index in [2.05, 4.69) is 57.7 Å². The van der Waals surface area contributed by atoms with Crippen LogP contribution in [0.3, 0.4) is 0 Å². The quantitative estimate of drug-likeness (QED) is 0.0255. The van der Waals surface area contributed by atoms with Crippen molar-refractivity contribution in [3.63, 3.8) is 0 Å². The first-order valence-electron chi connectivity index (χ1n) is 23.0. The topological polar surface area (TPSA) is 128 Å². The van der Waals surface area contributed by atoms with Gasteiger partial charge in [0, 0.05) is 59.8 Å². The number of rotatable bonds is 30. The Labute approximate surface area is 388 Å².